The molecule has 0 saturated heterocycles. The molecule has 0 fully saturated rings. The molecule has 26 heavy (non-hydrogen) atoms. The Balaban J connectivity index is 1.74. The maximum Gasteiger partial charge on any atom is 0.337 e. The second kappa shape index (κ2) is 6.80. The Morgan fingerprint density at radius 2 is 1.50 bits per heavy atom. The quantitative estimate of drug-likeness (QED) is 0.671. The number of rotatable bonds is 3. The normalized spacial score (nSPS) is 12.1. The highest BCUT2D eigenvalue weighted by atomic mass is 16.5. The second-order valence-corrected chi connectivity index (χ2v) is 5.98. The minimum absolute atomic E-state index is 0.330. The minimum Gasteiger partial charge on any atom is -0.465 e. The number of hydrogen-bond donors (Lipinski definition) is 0. The van der Waals surface area contributed by atoms with Crippen LogP contribution in [0, 0.1) is 0 Å². The van der Waals surface area contributed by atoms with Gasteiger partial charge in [-0.3, -0.25) is 9.97 Å². The van der Waals surface area contributed by atoms with Crippen molar-refractivity contribution in [2.24, 2.45) is 0 Å². The number of carbonyl (C=O) groups excluding carboxylic acids is 1. The number of anilines is 2. The molecule has 3 aromatic rings. The van der Waals surface area contributed by atoms with E-state index in [9.17, 15) is 4.79 Å². The number of benzene rings is 1. The van der Waals surface area contributed by atoms with Gasteiger partial charge in [0, 0.05) is 42.5 Å². The molecule has 5 heteroatoms. The zero-order chi connectivity index (χ0) is 17.9. The zero-order valence-electron chi connectivity index (χ0n) is 14.3. The van der Waals surface area contributed by atoms with Crippen LogP contribution in [0.1, 0.15) is 27.0 Å². The number of esters is 1. The number of ether oxygens (including phenoxy) is 1. The molecule has 3 heterocycles. The third-order valence-electron chi connectivity index (χ3n) is 4.40. The van der Waals surface area contributed by atoms with Gasteiger partial charge in [0.05, 0.1) is 24.0 Å². The molecule has 1 aliphatic heterocycles. The van der Waals surface area contributed by atoms with Crippen molar-refractivity contribution in [2.45, 2.75) is 6.54 Å². The molecule has 0 unspecified atom stereocenters. The van der Waals surface area contributed by atoms with Gasteiger partial charge in [-0.1, -0.05) is 24.3 Å². The smallest absolute Gasteiger partial charge is 0.337 e. The summed E-state index contributed by atoms with van der Waals surface area (Å²) in [6, 6.07) is 11.5. The predicted octanol–water partition coefficient (Wildman–Crippen LogP) is 4.09. The monoisotopic (exact) mass is 343 g/mol. The van der Waals surface area contributed by atoms with Gasteiger partial charge in [-0.05, 0) is 29.8 Å². The van der Waals surface area contributed by atoms with Gasteiger partial charge in [0.25, 0.3) is 0 Å². The van der Waals surface area contributed by atoms with Crippen molar-refractivity contribution in [3.8, 4) is 0 Å². The molecular formula is C21H17N3O2. The van der Waals surface area contributed by atoms with Gasteiger partial charge in [-0.15, -0.1) is 0 Å². The summed E-state index contributed by atoms with van der Waals surface area (Å²) in [4.78, 5) is 22.3. The summed E-state index contributed by atoms with van der Waals surface area (Å²) in [6.07, 6.45) is 11.4. The Hall–Kier alpha value is -3.47. The molecule has 0 bridgehead atoms. The first-order valence-electron chi connectivity index (χ1n) is 8.27. The number of pyridine rings is 2. The van der Waals surface area contributed by atoms with Crippen molar-refractivity contribution in [2.75, 3.05) is 12.0 Å². The summed E-state index contributed by atoms with van der Waals surface area (Å²) in [5.74, 6) is -0.330. The fourth-order valence-corrected chi connectivity index (χ4v) is 3.07. The average Bonchev–Trinajstić information content (AvgIpc) is 2.86. The number of fused-ring (bicyclic) bond motifs is 2. The third-order valence-corrected chi connectivity index (χ3v) is 4.40. The van der Waals surface area contributed by atoms with Crippen LogP contribution in [-0.4, -0.2) is 23.0 Å². The van der Waals surface area contributed by atoms with Gasteiger partial charge in [-0.25, -0.2) is 4.79 Å². The van der Waals surface area contributed by atoms with Crippen molar-refractivity contribution in [1.29, 1.82) is 0 Å². The molecule has 1 aliphatic rings. The minimum atomic E-state index is -0.330. The molecule has 2 aromatic heterocycles. The molecule has 128 valence electrons. The highest BCUT2D eigenvalue weighted by molar-refractivity contribution is 5.89. The van der Waals surface area contributed by atoms with Gasteiger partial charge in [0.15, 0.2) is 0 Å². The SMILES string of the molecule is COC(=O)c1ccc(CN2c3ccncc3C=Cc3cnccc32)cc1. The van der Waals surface area contributed by atoms with Crippen molar-refractivity contribution in [3.63, 3.8) is 0 Å². The zero-order valence-corrected chi connectivity index (χ0v) is 14.3. The van der Waals surface area contributed by atoms with Crippen molar-refractivity contribution in [1.82, 2.24) is 9.97 Å². The van der Waals surface area contributed by atoms with Crippen LogP contribution < -0.4 is 4.90 Å². The van der Waals surface area contributed by atoms with Crippen LogP contribution >= 0.6 is 0 Å². The third kappa shape index (κ3) is 2.95. The van der Waals surface area contributed by atoms with E-state index in [0.717, 1.165) is 28.1 Å². The van der Waals surface area contributed by atoms with Crippen LogP contribution in [0.3, 0.4) is 0 Å². The van der Waals surface area contributed by atoms with Gasteiger partial charge in [0.2, 0.25) is 0 Å². The summed E-state index contributed by atoms with van der Waals surface area (Å²) < 4.78 is 4.76. The van der Waals surface area contributed by atoms with E-state index in [1.165, 1.54) is 7.11 Å². The lowest BCUT2D eigenvalue weighted by Gasteiger charge is -2.26. The predicted molar refractivity (Wildman–Crippen MR) is 101 cm³/mol. The highest BCUT2D eigenvalue weighted by Crippen LogP contribution is 2.36. The molecule has 0 radical (unpaired) electrons. The highest BCUT2D eigenvalue weighted by Gasteiger charge is 2.18. The topological polar surface area (TPSA) is 55.3 Å². The molecule has 4 rings (SSSR count). The Morgan fingerprint density at radius 3 is 2.04 bits per heavy atom. The fourth-order valence-electron chi connectivity index (χ4n) is 3.07. The van der Waals surface area contributed by atoms with E-state index in [4.69, 9.17) is 4.74 Å². The van der Waals surface area contributed by atoms with E-state index >= 15 is 0 Å². The molecule has 1 aromatic carbocycles. The fraction of sp³-hybridized carbons (Fsp3) is 0.0952. The Kier molecular flexibility index (Phi) is 4.19. The van der Waals surface area contributed by atoms with Crippen molar-refractivity contribution < 1.29 is 9.53 Å². The van der Waals surface area contributed by atoms with E-state index in [0.29, 0.717) is 12.1 Å². The summed E-state index contributed by atoms with van der Waals surface area (Å²) in [6.45, 7) is 0.664. The second-order valence-electron chi connectivity index (χ2n) is 5.98. The first kappa shape index (κ1) is 16.0. The van der Waals surface area contributed by atoms with Gasteiger partial charge in [-0.2, -0.15) is 0 Å². The van der Waals surface area contributed by atoms with E-state index in [-0.39, 0.29) is 5.97 Å². The molecule has 0 atom stereocenters. The average molecular weight is 343 g/mol. The number of hydrogen-bond acceptors (Lipinski definition) is 5. The number of nitrogens with zero attached hydrogens (tertiary/aromatic N) is 3. The van der Waals surface area contributed by atoms with E-state index in [1.54, 1.807) is 24.5 Å². The number of methoxy groups -OCH3 is 1. The standard InChI is InChI=1S/C21H17N3O2/c1-26-21(25)16-4-2-15(3-5-16)14-24-19-8-10-22-12-17(19)6-7-18-13-23-11-9-20(18)24/h2-13H,14H2,1H3. The molecule has 5 nitrogen and oxygen atoms in total. The molecule has 0 aliphatic carbocycles. The summed E-state index contributed by atoms with van der Waals surface area (Å²) >= 11 is 0. The van der Waals surface area contributed by atoms with Crippen LogP contribution in [0.15, 0.2) is 61.2 Å². The van der Waals surface area contributed by atoms with E-state index in [2.05, 4.69) is 27.0 Å². The molecule has 0 saturated carbocycles. The Morgan fingerprint density at radius 1 is 0.923 bits per heavy atom. The lowest BCUT2D eigenvalue weighted by molar-refractivity contribution is 0.0600. The number of aromatic nitrogens is 2. The van der Waals surface area contributed by atoms with Crippen molar-refractivity contribution in [3.05, 3.63) is 83.4 Å². The summed E-state index contributed by atoms with van der Waals surface area (Å²) in [5, 5.41) is 0. The first-order chi connectivity index (χ1) is 12.8. The summed E-state index contributed by atoms with van der Waals surface area (Å²) in [5.41, 5.74) is 5.90. The van der Waals surface area contributed by atoms with Gasteiger partial charge >= 0.3 is 5.97 Å². The maximum atomic E-state index is 11.6. The molecule has 0 spiro atoms. The lowest BCUT2D eigenvalue weighted by atomic mass is 10.1. The van der Waals surface area contributed by atoms with Crippen LogP contribution in [0.4, 0.5) is 11.4 Å². The number of carbonyl (C=O) groups is 1. The summed E-state index contributed by atoms with van der Waals surface area (Å²) in [7, 11) is 1.39. The van der Waals surface area contributed by atoms with Crippen LogP contribution in [0.25, 0.3) is 12.2 Å². The Bertz CT molecular complexity index is 931. The Labute approximate surface area is 151 Å². The lowest BCUT2D eigenvalue weighted by Crippen LogP contribution is -2.18. The largest absolute Gasteiger partial charge is 0.465 e. The maximum absolute atomic E-state index is 11.6. The van der Waals surface area contributed by atoms with E-state index < -0.39 is 0 Å². The van der Waals surface area contributed by atoms with E-state index in [1.807, 2.05) is 36.7 Å². The first-order valence-corrected chi connectivity index (χ1v) is 8.27. The van der Waals surface area contributed by atoms with Crippen LogP contribution in [-0.2, 0) is 11.3 Å². The molecule has 0 N–H and O–H groups in total. The van der Waals surface area contributed by atoms with Crippen LogP contribution in [0.5, 0.6) is 0 Å². The molecule has 0 amide bonds. The van der Waals surface area contributed by atoms with Gasteiger partial charge < -0.3 is 9.64 Å². The van der Waals surface area contributed by atoms with Crippen LogP contribution in [0.2, 0.25) is 0 Å². The van der Waals surface area contributed by atoms with Gasteiger partial charge in [0.1, 0.15) is 0 Å². The van der Waals surface area contributed by atoms with Crippen molar-refractivity contribution >= 4 is 29.5 Å². The molecular weight excluding hydrogens is 326 g/mol.